The van der Waals surface area contributed by atoms with E-state index in [1.165, 1.54) is 34.0 Å². The van der Waals surface area contributed by atoms with Crippen LogP contribution in [0.5, 0.6) is 17.2 Å². The third kappa shape index (κ3) is 15.7. The lowest BCUT2D eigenvalue weighted by Crippen LogP contribution is -2.28. The summed E-state index contributed by atoms with van der Waals surface area (Å²) in [6, 6.07) is 30.4. The van der Waals surface area contributed by atoms with Gasteiger partial charge in [-0.25, -0.2) is 29.3 Å². The number of amides is 6. The second kappa shape index (κ2) is 24.7. The van der Waals surface area contributed by atoms with Crippen molar-refractivity contribution in [3.8, 4) is 51.0 Å². The predicted octanol–water partition coefficient (Wildman–Crippen LogP) is 9.70. The highest BCUT2D eigenvalue weighted by Gasteiger charge is 2.11. The van der Waals surface area contributed by atoms with Crippen molar-refractivity contribution in [3.05, 3.63) is 179 Å². The van der Waals surface area contributed by atoms with Crippen molar-refractivity contribution in [2.75, 3.05) is 16.0 Å². The zero-order valence-electron chi connectivity index (χ0n) is 36.2. The van der Waals surface area contributed by atoms with Crippen molar-refractivity contribution in [1.29, 1.82) is 0 Å². The number of nitrogens with one attached hydrogen (secondary N) is 6. The van der Waals surface area contributed by atoms with Crippen molar-refractivity contribution in [3.63, 3.8) is 0 Å². The van der Waals surface area contributed by atoms with Crippen LogP contribution in [0.25, 0.3) is 33.8 Å². The van der Waals surface area contributed by atoms with E-state index in [1.807, 2.05) is 70.7 Å². The molecule has 0 bridgehead atoms. The minimum atomic E-state index is -0.344. The number of carbonyl (C=O) groups excluding carboxylic acids is 3. The van der Waals surface area contributed by atoms with Crippen molar-refractivity contribution in [2.24, 2.45) is 0 Å². The first kappa shape index (κ1) is 48.2. The molecule has 0 aliphatic heterocycles. The van der Waals surface area contributed by atoms with Crippen LogP contribution < -0.4 is 31.9 Å². The fraction of sp³-hybridized carbons (Fsp3) is 0.0625. The molecular formula is C48H42N12O6S3. The van der Waals surface area contributed by atoms with Gasteiger partial charge in [0.15, 0.2) is 15.4 Å². The summed E-state index contributed by atoms with van der Waals surface area (Å²) in [5.74, 6) is 0.518. The van der Waals surface area contributed by atoms with Gasteiger partial charge in [-0.3, -0.25) is 30.9 Å². The van der Waals surface area contributed by atoms with E-state index in [2.05, 4.69) is 61.8 Å². The second-order valence-electron chi connectivity index (χ2n) is 14.3. The van der Waals surface area contributed by atoms with Gasteiger partial charge in [0.1, 0.15) is 17.2 Å². The van der Waals surface area contributed by atoms with Crippen LogP contribution in [0.4, 0.5) is 29.8 Å². The second-order valence-corrected chi connectivity index (χ2v) is 16.8. The van der Waals surface area contributed by atoms with E-state index in [-0.39, 0.29) is 35.3 Å². The molecular weight excluding hydrogens is 937 g/mol. The van der Waals surface area contributed by atoms with Crippen LogP contribution in [0.3, 0.4) is 0 Å². The lowest BCUT2D eigenvalue weighted by Gasteiger charge is -2.05. The number of phenols is 3. The highest BCUT2D eigenvalue weighted by molar-refractivity contribution is 7.14. The molecule has 6 amide bonds. The number of phenolic OH excluding ortho intramolecular Hbond substituents is 3. The molecule has 9 rings (SSSR count). The number of benzene rings is 3. The van der Waals surface area contributed by atoms with Gasteiger partial charge >= 0.3 is 18.1 Å². The van der Waals surface area contributed by atoms with Crippen molar-refractivity contribution < 1.29 is 29.7 Å². The Morgan fingerprint density at radius 2 is 0.681 bits per heavy atom. The van der Waals surface area contributed by atoms with Gasteiger partial charge in [0.25, 0.3) is 0 Å². The highest BCUT2D eigenvalue weighted by atomic mass is 32.1. The third-order valence-electron chi connectivity index (χ3n) is 9.19. The van der Waals surface area contributed by atoms with Gasteiger partial charge in [0.05, 0.1) is 17.1 Å². The molecule has 9 aromatic rings. The maximum Gasteiger partial charge on any atom is 0.321 e. The Labute approximate surface area is 406 Å². The SMILES string of the molecule is O=C(NCc1cccc(O)c1)Nc1nc(-c2ccncc2)cs1.O=C(NCc1cccc(O)c1)Nc1nc(-c2ccncc2)cs1.O=C(NCc1cccc(O)c1)Nc1nc(-c2ccncc2)cs1. The number of aromatic nitrogens is 6. The van der Waals surface area contributed by atoms with E-state index >= 15 is 0 Å². The summed E-state index contributed by atoms with van der Waals surface area (Å²) in [6.45, 7) is 0.967. The van der Waals surface area contributed by atoms with Crippen molar-refractivity contribution in [1.82, 2.24) is 45.9 Å². The van der Waals surface area contributed by atoms with Gasteiger partial charge in [0, 0.05) is 89.6 Å². The van der Waals surface area contributed by atoms with Gasteiger partial charge in [0.2, 0.25) is 0 Å². The molecule has 0 spiro atoms. The molecule has 69 heavy (non-hydrogen) atoms. The molecule has 0 aliphatic carbocycles. The summed E-state index contributed by atoms with van der Waals surface area (Å²) in [5, 5.41) is 51.6. The lowest BCUT2D eigenvalue weighted by atomic mass is 10.2. The number of rotatable bonds is 12. The molecule has 18 nitrogen and oxygen atoms in total. The number of carbonyl (C=O) groups is 3. The van der Waals surface area contributed by atoms with Crippen LogP contribution in [0, 0.1) is 0 Å². The molecule has 0 saturated carbocycles. The number of nitrogens with zero attached hydrogens (tertiary/aromatic N) is 6. The largest absolute Gasteiger partial charge is 0.508 e. The molecule has 0 atom stereocenters. The van der Waals surface area contributed by atoms with Crippen molar-refractivity contribution >= 4 is 67.5 Å². The molecule has 0 aliphatic rings. The Hall–Kier alpha value is -8.79. The van der Waals surface area contributed by atoms with E-state index in [4.69, 9.17) is 0 Å². The number of hydrogen-bond acceptors (Lipinski definition) is 15. The Morgan fingerprint density at radius 1 is 0.406 bits per heavy atom. The van der Waals surface area contributed by atoms with Gasteiger partial charge in [-0.2, -0.15) is 0 Å². The van der Waals surface area contributed by atoms with Crippen LogP contribution >= 0.6 is 34.0 Å². The first-order chi connectivity index (χ1) is 33.6. The zero-order valence-corrected chi connectivity index (χ0v) is 38.6. The smallest absolute Gasteiger partial charge is 0.321 e. The zero-order chi connectivity index (χ0) is 48.2. The van der Waals surface area contributed by atoms with Crippen LogP contribution in [0.2, 0.25) is 0 Å². The number of hydrogen-bond donors (Lipinski definition) is 9. The van der Waals surface area contributed by atoms with E-state index in [0.717, 1.165) is 50.5 Å². The Balaban J connectivity index is 0.000000153. The summed E-state index contributed by atoms with van der Waals surface area (Å²) in [7, 11) is 0. The number of anilines is 3. The Morgan fingerprint density at radius 3 is 0.942 bits per heavy atom. The molecule has 0 fully saturated rings. The number of thiazole rings is 3. The first-order valence-corrected chi connectivity index (χ1v) is 23.3. The van der Waals surface area contributed by atoms with E-state index in [1.54, 1.807) is 91.8 Å². The van der Waals surface area contributed by atoms with Crippen LogP contribution in [-0.4, -0.2) is 63.3 Å². The summed E-state index contributed by atoms with van der Waals surface area (Å²) in [5.41, 5.74) is 7.67. The standard InChI is InChI=1S/3C16H14N4O2S/c3*21-13-3-1-2-11(8-13)9-18-15(22)20-16-19-14(10-23-16)12-4-6-17-7-5-12/h3*1-8,10,21H,9H2,(H2,18,19,20,22). The van der Waals surface area contributed by atoms with Crippen LogP contribution in [0.15, 0.2) is 163 Å². The normalized spacial score (nSPS) is 10.3. The van der Waals surface area contributed by atoms with E-state index < -0.39 is 0 Å². The Bertz CT molecular complexity index is 2740. The molecule has 9 N–H and O–H groups in total. The number of urea groups is 3. The van der Waals surface area contributed by atoms with Gasteiger partial charge in [-0.15, -0.1) is 34.0 Å². The fourth-order valence-corrected chi connectivity index (χ4v) is 8.07. The van der Waals surface area contributed by atoms with Crippen LogP contribution in [-0.2, 0) is 19.6 Å². The average Bonchev–Trinajstić information content (AvgIpc) is 4.16. The minimum absolute atomic E-state index is 0.173. The molecule has 0 radical (unpaired) electrons. The summed E-state index contributed by atoms with van der Waals surface area (Å²) in [6.07, 6.45) is 10.2. The maximum atomic E-state index is 11.9. The third-order valence-corrected chi connectivity index (χ3v) is 11.5. The number of pyridine rings is 3. The quantitative estimate of drug-likeness (QED) is 0.0554. The van der Waals surface area contributed by atoms with Gasteiger partial charge < -0.3 is 31.3 Å². The molecule has 21 heteroatoms. The minimum Gasteiger partial charge on any atom is -0.508 e. The van der Waals surface area contributed by atoms with Crippen LogP contribution in [0.1, 0.15) is 16.7 Å². The van der Waals surface area contributed by atoms with Gasteiger partial charge in [-0.05, 0) is 89.5 Å². The first-order valence-electron chi connectivity index (χ1n) is 20.7. The molecule has 6 aromatic heterocycles. The number of aromatic hydroxyl groups is 3. The maximum absolute atomic E-state index is 11.9. The molecule has 0 saturated heterocycles. The average molecular weight is 979 g/mol. The predicted molar refractivity (Wildman–Crippen MR) is 268 cm³/mol. The van der Waals surface area contributed by atoms with Gasteiger partial charge in [-0.1, -0.05) is 36.4 Å². The lowest BCUT2D eigenvalue weighted by molar-refractivity contribution is 0.251. The summed E-state index contributed by atoms with van der Waals surface area (Å²) in [4.78, 5) is 60.7. The molecule has 6 heterocycles. The van der Waals surface area contributed by atoms with Crippen molar-refractivity contribution in [2.45, 2.75) is 19.6 Å². The monoisotopic (exact) mass is 978 g/mol. The highest BCUT2D eigenvalue weighted by Crippen LogP contribution is 2.26. The molecule has 0 unspecified atom stereocenters. The molecule has 3 aromatic carbocycles. The molecule has 348 valence electrons. The van der Waals surface area contributed by atoms with E-state index in [0.29, 0.717) is 35.0 Å². The fourth-order valence-electron chi connectivity index (χ4n) is 5.93. The summed E-state index contributed by atoms with van der Waals surface area (Å²) < 4.78 is 0. The van der Waals surface area contributed by atoms with E-state index in [9.17, 15) is 29.7 Å². The Kier molecular flexibility index (Phi) is 17.2. The topological polar surface area (TPSA) is 261 Å². The summed E-state index contributed by atoms with van der Waals surface area (Å²) >= 11 is 4.06.